The van der Waals surface area contributed by atoms with Crippen LogP contribution in [0.25, 0.3) is 0 Å². The van der Waals surface area contributed by atoms with Gasteiger partial charge in [0.1, 0.15) is 0 Å². The van der Waals surface area contributed by atoms with Crippen LogP contribution in [0, 0.1) is 20.8 Å². The monoisotopic (exact) mass is 180 g/mol. The van der Waals surface area contributed by atoms with Crippen molar-refractivity contribution in [3.8, 4) is 0 Å². The molecule has 1 rings (SSSR count). The normalized spacial score (nSPS) is 10.3. The van der Waals surface area contributed by atoms with Crippen molar-refractivity contribution in [3.63, 3.8) is 0 Å². The molecule has 66 valence electrons. The van der Waals surface area contributed by atoms with Crippen molar-refractivity contribution in [2.24, 2.45) is 0 Å². The van der Waals surface area contributed by atoms with Gasteiger partial charge in [0.05, 0.1) is 0 Å². The van der Waals surface area contributed by atoms with Crippen LogP contribution >= 0.6 is 11.8 Å². The molecule has 0 saturated heterocycles. The highest BCUT2D eigenvalue weighted by Crippen LogP contribution is 2.20. The van der Waals surface area contributed by atoms with E-state index in [4.69, 9.17) is 0 Å². The molecule has 0 spiro atoms. The minimum atomic E-state index is 1.13. The van der Waals surface area contributed by atoms with Crippen molar-refractivity contribution in [1.29, 1.82) is 0 Å². The van der Waals surface area contributed by atoms with Crippen molar-refractivity contribution in [3.05, 3.63) is 34.4 Å². The summed E-state index contributed by atoms with van der Waals surface area (Å²) in [4.78, 5) is 0. The van der Waals surface area contributed by atoms with Gasteiger partial charge < -0.3 is 0 Å². The lowest BCUT2D eigenvalue weighted by Crippen LogP contribution is -1.92. The second kappa shape index (κ2) is 3.99. The first-order valence-corrected chi connectivity index (χ1v) is 5.61. The van der Waals surface area contributed by atoms with Crippen LogP contribution in [-0.4, -0.2) is 6.26 Å². The van der Waals surface area contributed by atoms with Crippen molar-refractivity contribution < 1.29 is 0 Å². The van der Waals surface area contributed by atoms with Gasteiger partial charge in [0.2, 0.25) is 0 Å². The Labute approximate surface area is 79.4 Å². The average Bonchev–Trinajstić information content (AvgIpc) is 2.07. The molecule has 0 radical (unpaired) electrons. The number of hydrogen-bond donors (Lipinski definition) is 0. The highest BCUT2D eigenvalue weighted by atomic mass is 32.2. The highest BCUT2D eigenvalue weighted by molar-refractivity contribution is 7.97. The molecule has 0 fully saturated rings. The van der Waals surface area contributed by atoms with Crippen LogP contribution in [0.5, 0.6) is 0 Å². The Bertz CT molecular complexity index is 277. The molecular formula is C11H16S. The lowest BCUT2D eigenvalue weighted by atomic mass is 10.00. The molecule has 0 aliphatic heterocycles. The maximum absolute atomic E-state index is 2.24. The summed E-state index contributed by atoms with van der Waals surface area (Å²) >= 11 is 1.88. The summed E-state index contributed by atoms with van der Waals surface area (Å²) in [7, 11) is 0. The average molecular weight is 180 g/mol. The molecule has 0 unspecified atom stereocenters. The molecule has 0 bridgehead atoms. The third-order valence-corrected chi connectivity index (χ3v) is 3.07. The van der Waals surface area contributed by atoms with Gasteiger partial charge in [0, 0.05) is 5.75 Å². The number of benzene rings is 1. The Balaban J connectivity index is 3.08. The van der Waals surface area contributed by atoms with Gasteiger partial charge in [-0.2, -0.15) is 11.8 Å². The summed E-state index contributed by atoms with van der Waals surface area (Å²) in [5.41, 5.74) is 5.79. The van der Waals surface area contributed by atoms with Gasteiger partial charge in [-0.25, -0.2) is 0 Å². The zero-order valence-corrected chi connectivity index (χ0v) is 9.09. The molecule has 1 aromatic carbocycles. The van der Waals surface area contributed by atoms with Gasteiger partial charge >= 0.3 is 0 Å². The highest BCUT2D eigenvalue weighted by Gasteiger charge is 2.01. The van der Waals surface area contributed by atoms with Crippen LogP contribution in [-0.2, 0) is 5.75 Å². The van der Waals surface area contributed by atoms with E-state index in [0.717, 1.165) is 5.75 Å². The number of aryl methyl sites for hydroxylation is 1. The van der Waals surface area contributed by atoms with Crippen LogP contribution in [0.3, 0.4) is 0 Å². The standard InChI is InChI=1S/C11H16S/c1-8-5-6-11(7-12-4)10(3)9(8)2/h5-6H,7H2,1-4H3. The van der Waals surface area contributed by atoms with Gasteiger partial charge in [-0.1, -0.05) is 12.1 Å². The van der Waals surface area contributed by atoms with Crippen LogP contribution in [0.15, 0.2) is 12.1 Å². The molecule has 0 heterocycles. The Hall–Kier alpha value is -0.430. The number of hydrogen-bond acceptors (Lipinski definition) is 1. The molecule has 0 saturated carbocycles. The number of rotatable bonds is 2. The van der Waals surface area contributed by atoms with E-state index in [1.54, 1.807) is 0 Å². The predicted molar refractivity (Wildman–Crippen MR) is 57.9 cm³/mol. The van der Waals surface area contributed by atoms with E-state index in [1.165, 1.54) is 22.3 Å². The fourth-order valence-electron chi connectivity index (χ4n) is 1.32. The molecule has 0 aliphatic rings. The summed E-state index contributed by atoms with van der Waals surface area (Å²) < 4.78 is 0. The first-order valence-electron chi connectivity index (χ1n) is 4.21. The van der Waals surface area contributed by atoms with Crippen LogP contribution in [0.4, 0.5) is 0 Å². The lowest BCUT2D eigenvalue weighted by molar-refractivity contribution is 1.20. The minimum absolute atomic E-state index is 1.13. The fraction of sp³-hybridized carbons (Fsp3) is 0.455. The molecule has 1 heteroatoms. The second-order valence-electron chi connectivity index (χ2n) is 3.22. The number of thioether (sulfide) groups is 1. The molecule has 0 atom stereocenters. The molecular weight excluding hydrogens is 164 g/mol. The SMILES string of the molecule is CSCc1ccc(C)c(C)c1C. The smallest absolute Gasteiger partial charge is 0.0184 e. The van der Waals surface area contributed by atoms with E-state index >= 15 is 0 Å². The Morgan fingerprint density at radius 1 is 1.08 bits per heavy atom. The Morgan fingerprint density at radius 3 is 2.33 bits per heavy atom. The van der Waals surface area contributed by atoms with Crippen molar-refractivity contribution in [2.45, 2.75) is 26.5 Å². The Morgan fingerprint density at radius 2 is 1.75 bits per heavy atom. The zero-order valence-electron chi connectivity index (χ0n) is 8.27. The lowest BCUT2D eigenvalue weighted by Gasteiger charge is -2.09. The second-order valence-corrected chi connectivity index (χ2v) is 4.09. The van der Waals surface area contributed by atoms with Crippen LogP contribution in [0.2, 0.25) is 0 Å². The van der Waals surface area contributed by atoms with E-state index in [0.29, 0.717) is 0 Å². The summed E-state index contributed by atoms with van der Waals surface area (Å²) in [6, 6.07) is 4.46. The van der Waals surface area contributed by atoms with Gasteiger partial charge in [-0.05, 0) is 49.3 Å². The van der Waals surface area contributed by atoms with Crippen molar-refractivity contribution in [2.75, 3.05) is 6.26 Å². The molecule has 12 heavy (non-hydrogen) atoms. The summed E-state index contributed by atoms with van der Waals surface area (Å²) in [5, 5.41) is 0. The first-order chi connectivity index (χ1) is 5.66. The summed E-state index contributed by atoms with van der Waals surface area (Å²) in [5.74, 6) is 1.13. The van der Waals surface area contributed by atoms with E-state index < -0.39 is 0 Å². The van der Waals surface area contributed by atoms with Gasteiger partial charge in [-0.15, -0.1) is 0 Å². The molecule has 0 nitrogen and oxygen atoms in total. The quantitative estimate of drug-likeness (QED) is 0.671. The molecule has 0 aliphatic carbocycles. The first kappa shape index (κ1) is 9.66. The summed E-state index contributed by atoms with van der Waals surface area (Å²) in [6.45, 7) is 6.59. The van der Waals surface area contributed by atoms with Gasteiger partial charge in [0.25, 0.3) is 0 Å². The summed E-state index contributed by atoms with van der Waals surface area (Å²) in [6.07, 6.45) is 2.15. The van der Waals surface area contributed by atoms with Crippen LogP contribution < -0.4 is 0 Å². The fourth-order valence-corrected chi connectivity index (χ4v) is 1.95. The molecule has 0 aromatic heterocycles. The van der Waals surface area contributed by atoms with Crippen molar-refractivity contribution >= 4 is 11.8 Å². The van der Waals surface area contributed by atoms with E-state index in [-0.39, 0.29) is 0 Å². The predicted octanol–water partition coefficient (Wildman–Crippen LogP) is 3.47. The van der Waals surface area contributed by atoms with Gasteiger partial charge in [-0.3, -0.25) is 0 Å². The van der Waals surface area contributed by atoms with Gasteiger partial charge in [0.15, 0.2) is 0 Å². The van der Waals surface area contributed by atoms with Crippen molar-refractivity contribution in [1.82, 2.24) is 0 Å². The Kier molecular flexibility index (Phi) is 3.21. The third kappa shape index (κ3) is 1.84. The maximum Gasteiger partial charge on any atom is 0.0184 e. The van der Waals surface area contributed by atoms with E-state index in [9.17, 15) is 0 Å². The van der Waals surface area contributed by atoms with E-state index in [2.05, 4.69) is 39.2 Å². The maximum atomic E-state index is 2.24. The van der Waals surface area contributed by atoms with Crippen LogP contribution in [0.1, 0.15) is 22.3 Å². The largest absolute Gasteiger partial charge is 0.161 e. The zero-order chi connectivity index (χ0) is 9.14. The van der Waals surface area contributed by atoms with E-state index in [1.807, 2.05) is 11.8 Å². The topological polar surface area (TPSA) is 0 Å². The minimum Gasteiger partial charge on any atom is -0.161 e. The third-order valence-electron chi connectivity index (χ3n) is 2.47. The molecule has 0 amide bonds. The molecule has 0 N–H and O–H groups in total. The molecule has 1 aromatic rings.